The van der Waals surface area contributed by atoms with Crippen LogP contribution in [0.1, 0.15) is 41.1 Å². The van der Waals surface area contributed by atoms with E-state index >= 15 is 0 Å². The van der Waals surface area contributed by atoms with E-state index in [0.717, 1.165) is 36.2 Å². The lowest BCUT2D eigenvalue weighted by atomic mass is 9.88. The highest BCUT2D eigenvalue weighted by atomic mass is 19.1. The van der Waals surface area contributed by atoms with Gasteiger partial charge in [0.05, 0.1) is 12.2 Å². The number of nitrogens with one attached hydrogen (secondary N) is 1. The molecule has 1 N–H and O–H groups in total. The summed E-state index contributed by atoms with van der Waals surface area (Å²) >= 11 is 0. The van der Waals surface area contributed by atoms with Gasteiger partial charge in [-0.1, -0.05) is 36.4 Å². The average Bonchev–Trinajstić information content (AvgIpc) is 3.07. The van der Waals surface area contributed by atoms with Gasteiger partial charge < -0.3 is 5.32 Å². The quantitative estimate of drug-likeness (QED) is 0.659. The minimum absolute atomic E-state index is 0.120. The van der Waals surface area contributed by atoms with Gasteiger partial charge in [-0.3, -0.25) is 4.79 Å². The van der Waals surface area contributed by atoms with Crippen molar-refractivity contribution in [3.63, 3.8) is 0 Å². The van der Waals surface area contributed by atoms with Crippen molar-refractivity contribution < 1.29 is 9.18 Å². The molecule has 0 spiro atoms. The fraction of sp³-hybridized carbons (Fsp3) is 0.217. The van der Waals surface area contributed by atoms with Crippen LogP contribution in [0.25, 0.3) is 6.08 Å². The largest absolute Gasteiger partial charge is 0.307 e. The molecule has 1 aliphatic carbocycles. The second-order valence-corrected chi connectivity index (χ2v) is 7.10. The molecule has 1 aliphatic rings. The van der Waals surface area contributed by atoms with Gasteiger partial charge in [-0.25, -0.2) is 9.07 Å². The maximum absolute atomic E-state index is 13.0. The molecule has 28 heavy (non-hydrogen) atoms. The van der Waals surface area contributed by atoms with Gasteiger partial charge in [0.1, 0.15) is 11.6 Å². The second-order valence-electron chi connectivity index (χ2n) is 7.10. The Bertz CT molecular complexity index is 1020. The normalized spacial score (nSPS) is 16.1. The average molecular weight is 375 g/mol. The van der Waals surface area contributed by atoms with Crippen molar-refractivity contribution in [2.75, 3.05) is 5.32 Å². The summed E-state index contributed by atoms with van der Waals surface area (Å²) in [6.45, 7) is 1.94. The lowest BCUT2D eigenvalue weighted by Crippen LogP contribution is -2.22. The van der Waals surface area contributed by atoms with E-state index in [9.17, 15) is 9.18 Å². The fourth-order valence-electron chi connectivity index (χ4n) is 3.73. The Kier molecular flexibility index (Phi) is 5.06. The maximum Gasteiger partial charge on any atom is 0.249 e. The Labute approximate surface area is 163 Å². The lowest BCUT2D eigenvalue weighted by molar-refractivity contribution is -0.111. The van der Waals surface area contributed by atoms with Crippen molar-refractivity contribution >= 4 is 17.8 Å². The summed E-state index contributed by atoms with van der Waals surface area (Å²) in [6.07, 6.45) is 8.08. The molecule has 2 aromatic carbocycles. The van der Waals surface area contributed by atoms with Crippen molar-refractivity contribution in [2.45, 2.75) is 32.2 Å². The summed E-state index contributed by atoms with van der Waals surface area (Å²) < 4.78 is 14.9. The molecular weight excluding hydrogens is 353 g/mol. The highest BCUT2D eigenvalue weighted by Crippen LogP contribution is 2.35. The standard InChI is InChI=1S/C23H22FN3O/c1-16-15-25-27(21-8-4-6-18-5-2-3-7-20(18)21)23(16)26-22(28)14-11-17-9-12-19(24)13-10-17/h2-3,5,7,9-15,21H,4,6,8H2,1H3,(H,26,28). The fourth-order valence-corrected chi connectivity index (χ4v) is 3.73. The zero-order chi connectivity index (χ0) is 19.5. The molecule has 0 aliphatic heterocycles. The monoisotopic (exact) mass is 375 g/mol. The summed E-state index contributed by atoms with van der Waals surface area (Å²) in [7, 11) is 0. The molecule has 0 radical (unpaired) electrons. The van der Waals surface area contributed by atoms with Crippen molar-refractivity contribution in [1.29, 1.82) is 0 Å². The van der Waals surface area contributed by atoms with Gasteiger partial charge in [0.15, 0.2) is 0 Å². The first-order valence-corrected chi connectivity index (χ1v) is 9.48. The number of rotatable bonds is 4. The summed E-state index contributed by atoms with van der Waals surface area (Å²) in [5.41, 5.74) is 4.31. The molecule has 1 unspecified atom stereocenters. The topological polar surface area (TPSA) is 46.9 Å². The summed E-state index contributed by atoms with van der Waals surface area (Å²) in [5.74, 6) is 0.183. The van der Waals surface area contributed by atoms with Gasteiger partial charge in [0, 0.05) is 11.6 Å². The molecule has 1 atom stereocenters. The molecule has 4 rings (SSSR count). The molecule has 1 aromatic heterocycles. The summed E-state index contributed by atoms with van der Waals surface area (Å²) in [6, 6.07) is 14.6. The van der Waals surface area contributed by atoms with Crippen molar-refractivity contribution in [3.8, 4) is 0 Å². The van der Waals surface area contributed by atoms with Crippen LogP contribution in [0, 0.1) is 12.7 Å². The van der Waals surface area contributed by atoms with E-state index in [4.69, 9.17) is 0 Å². The number of anilines is 1. The van der Waals surface area contributed by atoms with Crippen LogP contribution in [0.3, 0.4) is 0 Å². The van der Waals surface area contributed by atoms with E-state index in [1.807, 2.05) is 11.6 Å². The van der Waals surface area contributed by atoms with Crippen LogP contribution in [0.2, 0.25) is 0 Å². The third kappa shape index (κ3) is 3.74. The van der Waals surface area contributed by atoms with Gasteiger partial charge in [0.2, 0.25) is 5.91 Å². The molecule has 5 heteroatoms. The number of fused-ring (bicyclic) bond motifs is 1. The van der Waals surface area contributed by atoms with Crippen molar-refractivity contribution in [1.82, 2.24) is 9.78 Å². The number of nitrogens with zero attached hydrogens (tertiary/aromatic N) is 2. The molecule has 3 aromatic rings. The van der Waals surface area contributed by atoms with E-state index in [1.54, 1.807) is 24.4 Å². The zero-order valence-electron chi connectivity index (χ0n) is 15.7. The van der Waals surface area contributed by atoms with Crippen LogP contribution in [0.5, 0.6) is 0 Å². The SMILES string of the molecule is Cc1cnn(C2CCCc3ccccc32)c1NC(=O)C=Cc1ccc(F)cc1. The highest BCUT2D eigenvalue weighted by Gasteiger charge is 2.25. The first kappa shape index (κ1) is 18.2. The molecule has 0 bridgehead atoms. The van der Waals surface area contributed by atoms with Crippen molar-refractivity contribution in [3.05, 3.63) is 88.9 Å². The minimum atomic E-state index is -0.297. The molecule has 1 amide bonds. The second kappa shape index (κ2) is 7.80. The van der Waals surface area contributed by atoms with Crippen LogP contribution >= 0.6 is 0 Å². The first-order valence-electron chi connectivity index (χ1n) is 9.48. The number of amides is 1. The van der Waals surface area contributed by atoms with Crippen LogP contribution in [0.15, 0.2) is 60.8 Å². The Morgan fingerprint density at radius 1 is 1.21 bits per heavy atom. The summed E-state index contributed by atoms with van der Waals surface area (Å²) in [5, 5.41) is 7.52. The predicted octanol–water partition coefficient (Wildman–Crippen LogP) is 4.91. The minimum Gasteiger partial charge on any atom is -0.307 e. The molecule has 142 valence electrons. The number of carbonyl (C=O) groups excluding carboxylic acids is 1. The van der Waals surface area contributed by atoms with E-state index < -0.39 is 0 Å². The predicted molar refractivity (Wildman–Crippen MR) is 109 cm³/mol. The van der Waals surface area contributed by atoms with Gasteiger partial charge in [0.25, 0.3) is 0 Å². The van der Waals surface area contributed by atoms with Crippen LogP contribution in [0.4, 0.5) is 10.2 Å². The Morgan fingerprint density at radius 3 is 2.82 bits per heavy atom. The zero-order valence-corrected chi connectivity index (χ0v) is 15.7. The van der Waals surface area contributed by atoms with Gasteiger partial charge >= 0.3 is 0 Å². The Morgan fingerprint density at radius 2 is 2.00 bits per heavy atom. The van der Waals surface area contributed by atoms with Gasteiger partial charge in [-0.15, -0.1) is 0 Å². The molecule has 1 heterocycles. The lowest BCUT2D eigenvalue weighted by Gasteiger charge is -2.27. The number of aryl methyl sites for hydroxylation is 2. The van der Waals surface area contributed by atoms with Crippen LogP contribution in [-0.4, -0.2) is 15.7 Å². The van der Waals surface area contributed by atoms with E-state index in [-0.39, 0.29) is 17.8 Å². The van der Waals surface area contributed by atoms with Crippen LogP contribution in [-0.2, 0) is 11.2 Å². The number of halogens is 1. The molecule has 0 saturated carbocycles. The number of hydrogen-bond donors (Lipinski definition) is 1. The molecular formula is C23H22FN3O. The van der Waals surface area contributed by atoms with Crippen LogP contribution < -0.4 is 5.32 Å². The molecule has 4 nitrogen and oxygen atoms in total. The van der Waals surface area contributed by atoms with Gasteiger partial charge in [-0.05, 0) is 61.1 Å². The summed E-state index contributed by atoms with van der Waals surface area (Å²) in [4.78, 5) is 12.5. The Balaban J connectivity index is 1.56. The van der Waals surface area contributed by atoms with Gasteiger partial charge in [-0.2, -0.15) is 5.10 Å². The highest BCUT2D eigenvalue weighted by molar-refractivity contribution is 6.01. The third-order valence-corrected chi connectivity index (χ3v) is 5.15. The van der Waals surface area contributed by atoms with E-state index in [1.165, 1.54) is 29.3 Å². The number of benzene rings is 2. The first-order chi connectivity index (χ1) is 13.6. The van der Waals surface area contributed by atoms with E-state index in [0.29, 0.717) is 0 Å². The maximum atomic E-state index is 13.0. The number of aromatic nitrogens is 2. The van der Waals surface area contributed by atoms with Crippen molar-refractivity contribution in [2.24, 2.45) is 0 Å². The number of hydrogen-bond acceptors (Lipinski definition) is 2. The smallest absolute Gasteiger partial charge is 0.249 e. The molecule has 0 fully saturated rings. The van der Waals surface area contributed by atoms with E-state index in [2.05, 4.69) is 34.7 Å². The molecule has 0 saturated heterocycles. The number of carbonyl (C=O) groups is 1. The third-order valence-electron chi connectivity index (χ3n) is 5.15. The Hall–Kier alpha value is -3.21.